The number of carbonyl (C=O) groups is 2. The minimum atomic E-state index is -4.77. The molecule has 2 aromatic rings. The first-order valence-corrected chi connectivity index (χ1v) is 8.36. The second-order valence-electron chi connectivity index (χ2n) is 6.13. The Bertz CT molecular complexity index is 823. The van der Waals surface area contributed by atoms with Crippen LogP contribution < -0.4 is 15.8 Å². The molecule has 0 aliphatic rings. The van der Waals surface area contributed by atoms with Gasteiger partial charge < -0.3 is 20.7 Å². The Morgan fingerprint density at radius 1 is 1.11 bits per heavy atom. The number of nitrogens with one attached hydrogen (secondary N) is 1. The van der Waals surface area contributed by atoms with Gasteiger partial charge in [-0.05, 0) is 37.4 Å². The summed E-state index contributed by atoms with van der Waals surface area (Å²) in [6.07, 6.45) is -4.63. The van der Waals surface area contributed by atoms with E-state index in [9.17, 15) is 22.8 Å². The van der Waals surface area contributed by atoms with Crippen LogP contribution in [-0.4, -0.2) is 36.7 Å². The van der Waals surface area contributed by atoms with Gasteiger partial charge in [0.1, 0.15) is 5.75 Å². The number of hydrogen-bond donors (Lipinski definition) is 2. The maximum atomic E-state index is 12.5. The van der Waals surface area contributed by atoms with Crippen LogP contribution in [0.3, 0.4) is 0 Å². The van der Waals surface area contributed by atoms with Crippen LogP contribution in [0.5, 0.6) is 5.75 Å². The zero-order valence-corrected chi connectivity index (χ0v) is 15.1. The highest BCUT2D eigenvalue weighted by Gasteiger charge is 2.32. The first-order chi connectivity index (χ1) is 13.1. The molecule has 0 atom stereocenters. The number of hydrogen-bond acceptors (Lipinski definition) is 4. The summed E-state index contributed by atoms with van der Waals surface area (Å²) in [5.74, 6) is -1.09. The molecular formula is C19H20F3N3O3. The number of alkyl halides is 3. The summed E-state index contributed by atoms with van der Waals surface area (Å²) >= 11 is 0. The summed E-state index contributed by atoms with van der Waals surface area (Å²) < 4.78 is 41.4. The Morgan fingerprint density at radius 2 is 1.75 bits per heavy atom. The average Bonchev–Trinajstić information content (AvgIpc) is 2.61. The third kappa shape index (κ3) is 6.92. The van der Waals surface area contributed by atoms with Gasteiger partial charge in [0.25, 0.3) is 0 Å². The average molecular weight is 395 g/mol. The second-order valence-corrected chi connectivity index (χ2v) is 6.13. The molecule has 0 saturated heterocycles. The topological polar surface area (TPSA) is 84.7 Å². The number of halogens is 3. The summed E-state index contributed by atoms with van der Waals surface area (Å²) in [4.78, 5) is 24.8. The third-order valence-electron chi connectivity index (χ3n) is 3.81. The fourth-order valence-corrected chi connectivity index (χ4v) is 2.46. The van der Waals surface area contributed by atoms with Crippen molar-refractivity contribution in [2.45, 2.75) is 19.3 Å². The van der Waals surface area contributed by atoms with Crippen LogP contribution in [0.15, 0.2) is 48.5 Å². The molecule has 0 bridgehead atoms. The van der Waals surface area contributed by atoms with Crippen LogP contribution in [-0.2, 0) is 11.3 Å². The standard InChI is InChI=1S/C19H20F3N3O3/c1-25(12-14-4-2-3-5-16(14)28-19(20,21)22)11-10-17(26)24-15-8-6-13(7-9-15)18(23)27/h2-9H,10-12H2,1H3,(H2,23,27)(H,24,26). The van der Waals surface area contributed by atoms with Gasteiger partial charge in [-0.2, -0.15) is 0 Å². The Labute approximate surface area is 160 Å². The van der Waals surface area contributed by atoms with E-state index in [1.165, 1.54) is 30.3 Å². The second kappa shape index (κ2) is 9.23. The SMILES string of the molecule is CN(CCC(=O)Nc1ccc(C(N)=O)cc1)Cc1ccccc1OC(F)(F)F. The predicted molar refractivity (Wildman–Crippen MR) is 97.7 cm³/mol. The van der Waals surface area contributed by atoms with E-state index in [-0.39, 0.29) is 24.6 Å². The van der Waals surface area contributed by atoms with Crippen molar-refractivity contribution in [2.24, 2.45) is 5.73 Å². The summed E-state index contributed by atoms with van der Waals surface area (Å²) in [5, 5.41) is 2.68. The first-order valence-electron chi connectivity index (χ1n) is 8.36. The summed E-state index contributed by atoms with van der Waals surface area (Å²) in [7, 11) is 1.69. The molecule has 0 saturated carbocycles. The monoisotopic (exact) mass is 395 g/mol. The molecule has 0 aromatic heterocycles. The number of ether oxygens (including phenoxy) is 1. The summed E-state index contributed by atoms with van der Waals surface area (Å²) in [6.45, 7) is 0.512. The van der Waals surface area contributed by atoms with E-state index in [0.29, 0.717) is 23.4 Å². The molecule has 0 aliphatic carbocycles. The minimum absolute atomic E-state index is 0.135. The largest absolute Gasteiger partial charge is 0.573 e. The summed E-state index contributed by atoms with van der Waals surface area (Å²) in [5.41, 5.74) is 6.36. The number of primary amides is 1. The van der Waals surface area contributed by atoms with Crippen molar-refractivity contribution in [1.29, 1.82) is 0 Å². The van der Waals surface area contributed by atoms with Gasteiger partial charge in [0.15, 0.2) is 0 Å². The molecule has 0 unspecified atom stereocenters. The molecule has 2 rings (SSSR count). The number of amides is 2. The smallest absolute Gasteiger partial charge is 0.405 e. The zero-order valence-electron chi connectivity index (χ0n) is 15.1. The molecule has 150 valence electrons. The maximum absolute atomic E-state index is 12.5. The first kappa shape index (κ1) is 21.2. The van der Waals surface area contributed by atoms with Crippen LogP contribution in [0.1, 0.15) is 22.3 Å². The van der Waals surface area contributed by atoms with E-state index in [1.54, 1.807) is 30.1 Å². The van der Waals surface area contributed by atoms with Gasteiger partial charge in [-0.1, -0.05) is 18.2 Å². The van der Waals surface area contributed by atoms with Crippen molar-refractivity contribution < 1.29 is 27.5 Å². The number of rotatable bonds is 8. The number of anilines is 1. The number of carbonyl (C=O) groups excluding carboxylic acids is 2. The van der Waals surface area contributed by atoms with Crippen molar-refractivity contribution in [3.63, 3.8) is 0 Å². The quantitative estimate of drug-likeness (QED) is 0.719. The Kier molecular flexibility index (Phi) is 7.00. The fourth-order valence-electron chi connectivity index (χ4n) is 2.46. The lowest BCUT2D eigenvalue weighted by molar-refractivity contribution is -0.275. The molecule has 6 nitrogen and oxygen atoms in total. The normalized spacial score (nSPS) is 11.3. The van der Waals surface area contributed by atoms with E-state index in [4.69, 9.17) is 5.73 Å². The number of para-hydroxylation sites is 1. The van der Waals surface area contributed by atoms with Gasteiger partial charge in [0.2, 0.25) is 11.8 Å². The molecule has 2 amide bonds. The molecule has 0 radical (unpaired) electrons. The zero-order chi connectivity index (χ0) is 20.7. The van der Waals surface area contributed by atoms with Crippen molar-refractivity contribution in [2.75, 3.05) is 18.9 Å². The van der Waals surface area contributed by atoms with E-state index < -0.39 is 12.3 Å². The van der Waals surface area contributed by atoms with Crippen LogP contribution in [0.25, 0.3) is 0 Å². The molecule has 28 heavy (non-hydrogen) atoms. The molecular weight excluding hydrogens is 375 g/mol. The molecule has 0 aliphatic heterocycles. The van der Waals surface area contributed by atoms with Crippen molar-refractivity contribution in [3.8, 4) is 5.75 Å². The molecule has 0 fully saturated rings. The summed E-state index contributed by atoms with van der Waals surface area (Å²) in [6, 6.07) is 12.0. The highest BCUT2D eigenvalue weighted by Crippen LogP contribution is 2.26. The van der Waals surface area contributed by atoms with Crippen molar-refractivity contribution >= 4 is 17.5 Å². The van der Waals surface area contributed by atoms with Crippen LogP contribution >= 0.6 is 0 Å². The predicted octanol–water partition coefficient (Wildman–Crippen LogP) is 3.14. The Morgan fingerprint density at radius 3 is 2.36 bits per heavy atom. The third-order valence-corrected chi connectivity index (χ3v) is 3.81. The molecule has 2 aromatic carbocycles. The van der Waals surface area contributed by atoms with Crippen molar-refractivity contribution in [3.05, 3.63) is 59.7 Å². The lowest BCUT2D eigenvalue weighted by Gasteiger charge is -2.19. The number of nitrogens with two attached hydrogens (primary N) is 1. The van der Waals surface area contributed by atoms with Gasteiger partial charge in [0, 0.05) is 36.3 Å². The van der Waals surface area contributed by atoms with E-state index in [2.05, 4.69) is 10.1 Å². The van der Waals surface area contributed by atoms with Gasteiger partial charge in [0.05, 0.1) is 0 Å². The van der Waals surface area contributed by atoms with Crippen LogP contribution in [0, 0.1) is 0 Å². The van der Waals surface area contributed by atoms with Gasteiger partial charge >= 0.3 is 6.36 Å². The van der Waals surface area contributed by atoms with Gasteiger partial charge in [-0.15, -0.1) is 13.2 Å². The molecule has 0 heterocycles. The van der Waals surface area contributed by atoms with Crippen LogP contribution in [0.2, 0.25) is 0 Å². The highest BCUT2D eigenvalue weighted by atomic mass is 19.4. The lowest BCUT2D eigenvalue weighted by Crippen LogP contribution is -2.25. The van der Waals surface area contributed by atoms with E-state index in [1.807, 2.05) is 0 Å². The fraction of sp³-hybridized carbons (Fsp3) is 0.263. The van der Waals surface area contributed by atoms with Crippen LogP contribution in [0.4, 0.5) is 18.9 Å². The Hall–Kier alpha value is -3.07. The van der Waals surface area contributed by atoms with E-state index >= 15 is 0 Å². The maximum Gasteiger partial charge on any atom is 0.573 e. The molecule has 9 heteroatoms. The van der Waals surface area contributed by atoms with Gasteiger partial charge in [-0.3, -0.25) is 9.59 Å². The molecule has 3 N–H and O–H groups in total. The minimum Gasteiger partial charge on any atom is -0.405 e. The van der Waals surface area contributed by atoms with Gasteiger partial charge in [-0.25, -0.2) is 0 Å². The Balaban J connectivity index is 1.86. The number of nitrogens with zero attached hydrogens (tertiary/aromatic N) is 1. The highest BCUT2D eigenvalue weighted by molar-refractivity contribution is 5.94. The lowest BCUT2D eigenvalue weighted by atomic mass is 10.2. The molecule has 0 spiro atoms. The van der Waals surface area contributed by atoms with E-state index in [0.717, 1.165) is 0 Å². The van der Waals surface area contributed by atoms with Crippen molar-refractivity contribution in [1.82, 2.24) is 4.90 Å². The number of benzene rings is 2.